The first-order chi connectivity index (χ1) is 14.0. The highest BCUT2D eigenvalue weighted by atomic mass is 32.1. The molecule has 1 N–H and O–H groups in total. The van der Waals surface area contributed by atoms with E-state index in [-0.39, 0.29) is 30.0 Å². The van der Waals surface area contributed by atoms with Gasteiger partial charge in [0.2, 0.25) is 0 Å². The van der Waals surface area contributed by atoms with Gasteiger partial charge in [-0.1, -0.05) is 35.6 Å². The SMILES string of the molecule is CCOC(Cc1ccc(OCCn2c(=O)sc3ccccc3c2=O)cc1)C(=O)O. The largest absolute Gasteiger partial charge is 0.492 e. The van der Waals surface area contributed by atoms with Crippen molar-refractivity contribution >= 4 is 27.4 Å². The van der Waals surface area contributed by atoms with E-state index in [4.69, 9.17) is 14.6 Å². The number of aromatic nitrogens is 1. The molecule has 3 aromatic rings. The Morgan fingerprint density at radius 2 is 1.86 bits per heavy atom. The molecule has 0 aliphatic carbocycles. The minimum Gasteiger partial charge on any atom is -0.492 e. The van der Waals surface area contributed by atoms with Gasteiger partial charge in [-0.2, -0.15) is 0 Å². The normalized spacial score (nSPS) is 12.0. The van der Waals surface area contributed by atoms with Crippen LogP contribution in [0.4, 0.5) is 0 Å². The van der Waals surface area contributed by atoms with E-state index in [2.05, 4.69) is 0 Å². The molecule has 3 rings (SSSR count). The molecule has 1 atom stereocenters. The van der Waals surface area contributed by atoms with Crippen molar-refractivity contribution in [3.05, 3.63) is 74.1 Å². The average molecular weight is 415 g/mol. The Hall–Kier alpha value is -2.97. The molecule has 0 saturated carbocycles. The zero-order valence-electron chi connectivity index (χ0n) is 15.9. The quantitative estimate of drug-likeness (QED) is 0.577. The van der Waals surface area contributed by atoms with Crippen molar-refractivity contribution < 1.29 is 19.4 Å². The third-order valence-corrected chi connectivity index (χ3v) is 5.32. The average Bonchev–Trinajstić information content (AvgIpc) is 2.71. The third-order valence-electron chi connectivity index (χ3n) is 4.35. The topological polar surface area (TPSA) is 94.8 Å². The van der Waals surface area contributed by atoms with E-state index in [1.54, 1.807) is 55.5 Å². The second kappa shape index (κ2) is 9.49. The Balaban J connectivity index is 1.63. The number of benzene rings is 2. The van der Waals surface area contributed by atoms with Crippen LogP contribution in [0.1, 0.15) is 12.5 Å². The van der Waals surface area contributed by atoms with Gasteiger partial charge in [-0.05, 0) is 36.8 Å². The lowest BCUT2D eigenvalue weighted by molar-refractivity contribution is -0.149. The zero-order chi connectivity index (χ0) is 20.8. The van der Waals surface area contributed by atoms with Crippen LogP contribution in [0, 0.1) is 0 Å². The predicted molar refractivity (Wildman–Crippen MR) is 111 cm³/mol. The van der Waals surface area contributed by atoms with Crippen LogP contribution >= 0.6 is 11.3 Å². The number of carboxylic acids is 1. The summed E-state index contributed by atoms with van der Waals surface area (Å²) in [6.45, 7) is 2.39. The molecule has 152 valence electrons. The van der Waals surface area contributed by atoms with Crippen molar-refractivity contribution in [3.63, 3.8) is 0 Å². The van der Waals surface area contributed by atoms with Crippen molar-refractivity contribution in [2.45, 2.75) is 26.0 Å². The number of carbonyl (C=O) groups is 1. The van der Waals surface area contributed by atoms with Gasteiger partial charge in [-0.3, -0.25) is 14.2 Å². The lowest BCUT2D eigenvalue weighted by Gasteiger charge is -2.13. The molecule has 0 fully saturated rings. The highest BCUT2D eigenvalue weighted by molar-refractivity contribution is 7.16. The number of hydrogen-bond acceptors (Lipinski definition) is 6. The van der Waals surface area contributed by atoms with Gasteiger partial charge in [0.05, 0.1) is 11.9 Å². The lowest BCUT2D eigenvalue weighted by Crippen LogP contribution is -2.32. The number of hydrogen-bond donors (Lipinski definition) is 1. The third kappa shape index (κ3) is 5.10. The number of rotatable bonds is 9. The summed E-state index contributed by atoms with van der Waals surface area (Å²) in [7, 11) is 0. The predicted octanol–water partition coefficient (Wildman–Crippen LogP) is 2.53. The zero-order valence-corrected chi connectivity index (χ0v) is 16.7. The number of nitrogens with zero attached hydrogens (tertiary/aromatic N) is 1. The summed E-state index contributed by atoms with van der Waals surface area (Å²) in [4.78, 5) is 35.6. The molecule has 8 heteroatoms. The lowest BCUT2D eigenvalue weighted by atomic mass is 10.1. The summed E-state index contributed by atoms with van der Waals surface area (Å²) in [5.74, 6) is -0.426. The minimum absolute atomic E-state index is 0.145. The van der Waals surface area contributed by atoms with Gasteiger partial charge in [-0.25, -0.2) is 4.79 Å². The molecule has 0 spiro atoms. The second-order valence-electron chi connectivity index (χ2n) is 6.30. The Labute approximate surface area is 170 Å². The van der Waals surface area contributed by atoms with Gasteiger partial charge in [-0.15, -0.1) is 0 Å². The molecule has 0 saturated heterocycles. The molecule has 1 aromatic heterocycles. The number of carboxylic acid groups (broad SMARTS) is 1. The van der Waals surface area contributed by atoms with E-state index in [1.165, 1.54) is 4.57 Å². The summed E-state index contributed by atoms with van der Waals surface area (Å²) in [6, 6.07) is 14.0. The van der Waals surface area contributed by atoms with Gasteiger partial charge >= 0.3 is 10.8 Å². The van der Waals surface area contributed by atoms with Crippen molar-refractivity contribution in [1.82, 2.24) is 4.57 Å². The number of aliphatic carboxylic acids is 1. The Morgan fingerprint density at radius 3 is 2.55 bits per heavy atom. The molecule has 0 bridgehead atoms. The first-order valence-corrected chi connectivity index (χ1v) is 10.00. The maximum atomic E-state index is 12.5. The van der Waals surface area contributed by atoms with Crippen LogP contribution < -0.4 is 15.2 Å². The Morgan fingerprint density at radius 1 is 1.14 bits per heavy atom. The highest BCUT2D eigenvalue weighted by Gasteiger charge is 2.17. The molecule has 1 unspecified atom stereocenters. The smallest absolute Gasteiger partial charge is 0.333 e. The first kappa shape index (κ1) is 20.8. The molecular formula is C21H21NO6S. The summed E-state index contributed by atoms with van der Waals surface area (Å²) < 4.78 is 12.7. The van der Waals surface area contributed by atoms with Crippen LogP contribution in [-0.2, 0) is 22.5 Å². The summed E-state index contributed by atoms with van der Waals surface area (Å²) in [5.41, 5.74) is 0.492. The summed E-state index contributed by atoms with van der Waals surface area (Å²) in [5, 5.41) is 9.67. The fraction of sp³-hybridized carbons (Fsp3) is 0.286. The number of fused-ring (bicyclic) bond motifs is 1. The van der Waals surface area contributed by atoms with Crippen LogP contribution in [0.3, 0.4) is 0 Å². The fourth-order valence-electron chi connectivity index (χ4n) is 2.91. The van der Waals surface area contributed by atoms with Crippen LogP contribution in [-0.4, -0.2) is 35.0 Å². The van der Waals surface area contributed by atoms with Crippen LogP contribution in [0.2, 0.25) is 0 Å². The standard InChI is InChI=1S/C21H21NO6S/c1-2-27-17(20(24)25)13-14-7-9-15(10-8-14)28-12-11-22-19(23)16-5-3-4-6-18(16)29-21(22)26/h3-10,17H,2,11-13H2,1H3,(H,24,25). The van der Waals surface area contributed by atoms with Crippen LogP contribution in [0.15, 0.2) is 58.1 Å². The van der Waals surface area contributed by atoms with Crippen LogP contribution in [0.5, 0.6) is 5.75 Å². The van der Waals surface area contributed by atoms with E-state index >= 15 is 0 Å². The highest BCUT2D eigenvalue weighted by Crippen LogP contribution is 2.15. The van der Waals surface area contributed by atoms with E-state index < -0.39 is 12.1 Å². The van der Waals surface area contributed by atoms with Gasteiger partial charge in [0.1, 0.15) is 12.4 Å². The molecule has 2 aromatic carbocycles. The summed E-state index contributed by atoms with van der Waals surface area (Å²) >= 11 is 1.03. The van der Waals surface area contributed by atoms with Gasteiger partial charge < -0.3 is 14.6 Å². The summed E-state index contributed by atoms with van der Waals surface area (Å²) in [6.07, 6.45) is -0.625. The first-order valence-electron chi connectivity index (χ1n) is 9.18. The second-order valence-corrected chi connectivity index (χ2v) is 7.29. The molecule has 0 amide bonds. The van der Waals surface area contributed by atoms with E-state index in [1.807, 2.05) is 0 Å². The van der Waals surface area contributed by atoms with Crippen molar-refractivity contribution in [2.75, 3.05) is 13.2 Å². The number of ether oxygens (including phenoxy) is 2. The molecule has 0 aliphatic heterocycles. The molecule has 0 radical (unpaired) electrons. The molecular weight excluding hydrogens is 394 g/mol. The molecule has 0 aliphatic rings. The maximum absolute atomic E-state index is 12.5. The van der Waals surface area contributed by atoms with Crippen molar-refractivity contribution in [3.8, 4) is 5.75 Å². The van der Waals surface area contributed by atoms with Crippen molar-refractivity contribution in [2.24, 2.45) is 0 Å². The van der Waals surface area contributed by atoms with Gasteiger partial charge in [0, 0.05) is 17.7 Å². The Kier molecular flexibility index (Phi) is 6.79. The van der Waals surface area contributed by atoms with E-state index in [0.29, 0.717) is 22.4 Å². The fourth-order valence-corrected chi connectivity index (χ4v) is 3.80. The molecule has 29 heavy (non-hydrogen) atoms. The van der Waals surface area contributed by atoms with Gasteiger partial charge in [0.15, 0.2) is 6.10 Å². The molecule has 7 nitrogen and oxygen atoms in total. The Bertz CT molecular complexity index is 1100. The van der Waals surface area contributed by atoms with Crippen LogP contribution in [0.25, 0.3) is 10.1 Å². The monoisotopic (exact) mass is 415 g/mol. The van der Waals surface area contributed by atoms with Crippen molar-refractivity contribution in [1.29, 1.82) is 0 Å². The maximum Gasteiger partial charge on any atom is 0.333 e. The minimum atomic E-state index is -0.998. The molecule has 1 heterocycles. The van der Waals surface area contributed by atoms with E-state index in [0.717, 1.165) is 16.9 Å². The van der Waals surface area contributed by atoms with E-state index in [9.17, 15) is 14.4 Å². The van der Waals surface area contributed by atoms with Gasteiger partial charge in [0.25, 0.3) is 5.56 Å².